The molecule has 7 aromatic heterocycles. The summed E-state index contributed by atoms with van der Waals surface area (Å²) in [5.41, 5.74) is 6.24. The van der Waals surface area contributed by atoms with Gasteiger partial charge in [0.1, 0.15) is 20.1 Å². The molecule has 0 N–H and O–H groups in total. The van der Waals surface area contributed by atoms with Crippen molar-refractivity contribution in [3.63, 3.8) is 0 Å². The summed E-state index contributed by atoms with van der Waals surface area (Å²) in [4.78, 5) is 27.0. The lowest BCUT2D eigenvalue weighted by Gasteiger charge is -2.14. The fourth-order valence-electron chi connectivity index (χ4n) is 7.35. The van der Waals surface area contributed by atoms with Crippen molar-refractivity contribution in [1.29, 1.82) is 0 Å². The van der Waals surface area contributed by atoms with Crippen molar-refractivity contribution in [2.24, 2.45) is 0 Å². The molecule has 7 heterocycles. The Bertz CT molecular complexity index is 3490. The number of fused-ring (bicyclic) bond motifs is 4. The van der Waals surface area contributed by atoms with E-state index in [1.165, 1.54) is 23.1 Å². The molecule has 0 aliphatic carbocycles. The van der Waals surface area contributed by atoms with Gasteiger partial charge in [-0.25, -0.2) is 38.4 Å². The summed E-state index contributed by atoms with van der Waals surface area (Å²) < 4.78 is 61.8. The zero-order valence-electron chi connectivity index (χ0n) is 33.4. The quantitative estimate of drug-likeness (QED) is 0.119. The van der Waals surface area contributed by atoms with Gasteiger partial charge in [-0.05, 0) is 61.5 Å². The van der Waals surface area contributed by atoms with Crippen molar-refractivity contribution in [3.8, 4) is 22.5 Å². The second-order valence-electron chi connectivity index (χ2n) is 15.7. The zero-order chi connectivity index (χ0) is 42.8. The first-order valence-electron chi connectivity index (χ1n) is 19.3. The maximum Gasteiger partial charge on any atom is 0.221 e. The predicted molar refractivity (Wildman–Crippen MR) is 231 cm³/mol. The molecule has 0 amide bonds. The normalized spacial score (nSPS) is 13.1. The molecule has 3 aromatic carbocycles. The number of hydrogen-bond acceptors (Lipinski definition) is 13. The lowest BCUT2D eigenvalue weighted by molar-refractivity contribution is 0.486. The summed E-state index contributed by atoms with van der Waals surface area (Å²) in [7, 11) is -5.52. The molecule has 10 aromatic rings. The van der Waals surface area contributed by atoms with Gasteiger partial charge in [-0.3, -0.25) is 9.97 Å². The summed E-state index contributed by atoms with van der Waals surface area (Å²) in [5, 5.41) is 23.3. The Morgan fingerprint density at radius 3 is 2.16 bits per heavy atom. The van der Waals surface area contributed by atoms with E-state index in [-0.39, 0.29) is 41.5 Å². The second-order valence-corrected chi connectivity index (χ2v) is 22.1. The first-order valence-corrected chi connectivity index (χ1v) is 24.4. The van der Waals surface area contributed by atoms with Gasteiger partial charge in [0, 0.05) is 51.8 Å². The third kappa shape index (κ3) is 7.63. The summed E-state index contributed by atoms with van der Waals surface area (Å²) in [5.74, 6) is -1.18. The Kier molecular flexibility index (Phi) is 9.56. The van der Waals surface area contributed by atoms with Crippen LogP contribution in [0.3, 0.4) is 0 Å². The third-order valence-electron chi connectivity index (χ3n) is 10.4. The van der Waals surface area contributed by atoms with Crippen molar-refractivity contribution in [2.75, 3.05) is 20.0 Å². The topological polar surface area (TPSA) is 191 Å². The lowest BCUT2D eigenvalue weighted by atomic mass is 10.1. The van der Waals surface area contributed by atoms with Gasteiger partial charge in [-0.1, -0.05) is 46.8 Å². The standard InChI is InChI=1S/C42H34F2N14O2P2/c1-61(2,59)31-8-4-6-28(15-31)36-19-47-39-41(50-36)56(54-52-39)21-25-9-10-29-12-26(17-46-34(29)13-25)23-62(3,60)24-58-38(44)32(18-49-58)37-20-48-40-42(51-37)57(55-53-40)22-30-14-27-7-5-11-45-35(27)16-33(30)43/h4-20H,21-24H2,1-3H3. The molecule has 0 bridgehead atoms. The van der Waals surface area contributed by atoms with Crippen molar-refractivity contribution >= 4 is 64.0 Å². The molecule has 16 nitrogen and oxygen atoms in total. The van der Waals surface area contributed by atoms with E-state index < -0.39 is 26.0 Å². The summed E-state index contributed by atoms with van der Waals surface area (Å²) >= 11 is 0. The van der Waals surface area contributed by atoms with Crippen LogP contribution in [0.5, 0.6) is 0 Å². The number of pyridine rings is 2. The van der Waals surface area contributed by atoms with Crippen LogP contribution in [0.25, 0.3) is 66.9 Å². The summed E-state index contributed by atoms with van der Waals surface area (Å²) in [6, 6.07) is 21.9. The average Bonchev–Trinajstić information content (AvgIpc) is 3.96. The number of aromatic nitrogens is 14. The van der Waals surface area contributed by atoms with Crippen LogP contribution >= 0.6 is 14.3 Å². The van der Waals surface area contributed by atoms with E-state index in [4.69, 9.17) is 4.98 Å². The highest BCUT2D eigenvalue weighted by Crippen LogP contribution is 2.47. The van der Waals surface area contributed by atoms with E-state index in [9.17, 15) is 9.13 Å². The highest BCUT2D eigenvalue weighted by molar-refractivity contribution is 7.70. The van der Waals surface area contributed by atoms with Crippen LogP contribution < -0.4 is 5.30 Å². The SMILES string of the molecule is CP(=O)(Cc1cnc2cc(Cn3nnc4ncc(-c5cccc(P(C)(C)=O)c5)nc43)ccc2c1)Cn1ncc(-c2cnc3nnn(Cc4cc5cccnc5cc4F)c3n2)c1F. The first-order chi connectivity index (χ1) is 29.8. The first kappa shape index (κ1) is 39.1. The van der Waals surface area contributed by atoms with E-state index in [0.717, 1.165) is 43.0 Å². The molecule has 0 spiro atoms. The average molecular weight is 867 g/mol. The molecule has 0 saturated heterocycles. The second kappa shape index (κ2) is 15.2. The maximum atomic E-state index is 16.0. The van der Waals surface area contributed by atoms with Gasteiger partial charge in [-0.15, -0.1) is 10.2 Å². The molecule has 0 aliphatic rings. The minimum absolute atomic E-state index is 0.00968. The van der Waals surface area contributed by atoms with Gasteiger partial charge in [0.2, 0.25) is 17.2 Å². The van der Waals surface area contributed by atoms with Crippen molar-refractivity contribution < 1.29 is 17.9 Å². The molecule has 1 atom stereocenters. The van der Waals surface area contributed by atoms with Crippen LogP contribution in [-0.4, -0.2) is 89.7 Å². The van der Waals surface area contributed by atoms with E-state index in [2.05, 4.69) is 50.6 Å². The number of nitrogens with zero attached hydrogens (tertiary/aromatic N) is 14. The Morgan fingerprint density at radius 2 is 1.37 bits per heavy atom. The number of hydrogen-bond donors (Lipinski definition) is 0. The Hall–Kier alpha value is -7.03. The molecular weight excluding hydrogens is 833 g/mol. The molecule has 0 saturated carbocycles. The monoisotopic (exact) mass is 866 g/mol. The van der Waals surface area contributed by atoms with Crippen LogP contribution in [0.1, 0.15) is 16.7 Å². The van der Waals surface area contributed by atoms with E-state index in [0.29, 0.717) is 34.6 Å². The minimum atomic E-state index is -3.05. The van der Waals surface area contributed by atoms with Crippen molar-refractivity contribution in [1.82, 2.24) is 69.7 Å². The Labute approximate surface area is 350 Å². The van der Waals surface area contributed by atoms with Gasteiger partial charge < -0.3 is 9.13 Å². The van der Waals surface area contributed by atoms with E-state index in [1.807, 2.05) is 54.6 Å². The van der Waals surface area contributed by atoms with Crippen molar-refractivity contribution in [3.05, 3.63) is 132 Å². The zero-order valence-corrected chi connectivity index (χ0v) is 35.2. The molecule has 0 aliphatic heterocycles. The fourth-order valence-corrected chi connectivity index (χ4v) is 10.1. The van der Waals surface area contributed by atoms with Gasteiger partial charge in [0.05, 0.1) is 66.0 Å². The fraction of sp³-hybridized carbons (Fsp3) is 0.167. The lowest BCUT2D eigenvalue weighted by Crippen LogP contribution is -2.06. The van der Waals surface area contributed by atoms with Crippen LogP contribution in [0.15, 0.2) is 104 Å². The molecule has 62 heavy (non-hydrogen) atoms. The van der Waals surface area contributed by atoms with Gasteiger partial charge in [0.15, 0.2) is 11.3 Å². The Morgan fingerprint density at radius 1 is 0.645 bits per heavy atom. The number of benzene rings is 3. The summed E-state index contributed by atoms with van der Waals surface area (Å²) in [6.07, 6.45) is 7.59. The Balaban J connectivity index is 0.835. The predicted octanol–water partition coefficient (Wildman–Crippen LogP) is 7.16. The third-order valence-corrected chi connectivity index (χ3v) is 13.9. The highest BCUT2D eigenvalue weighted by Gasteiger charge is 2.24. The molecule has 308 valence electrons. The van der Waals surface area contributed by atoms with Gasteiger partial charge in [0.25, 0.3) is 0 Å². The molecule has 10 rings (SSSR count). The van der Waals surface area contributed by atoms with Crippen molar-refractivity contribution in [2.45, 2.75) is 25.5 Å². The van der Waals surface area contributed by atoms with Crippen LogP contribution in [0.2, 0.25) is 0 Å². The largest absolute Gasteiger partial charge is 0.322 e. The molecule has 0 fully saturated rings. The van der Waals surface area contributed by atoms with E-state index >= 15 is 8.78 Å². The van der Waals surface area contributed by atoms with Crippen LogP contribution in [0.4, 0.5) is 8.78 Å². The molecule has 1 unspecified atom stereocenters. The molecule has 0 radical (unpaired) electrons. The van der Waals surface area contributed by atoms with E-state index in [1.54, 1.807) is 55.4 Å². The van der Waals surface area contributed by atoms with Gasteiger partial charge >= 0.3 is 0 Å². The molecular formula is C42H34F2N14O2P2. The van der Waals surface area contributed by atoms with Gasteiger partial charge in [-0.2, -0.15) is 9.49 Å². The maximum absolute atomic E-state index is 16.0. The van der Waals surface area contributed by atoms with Crippen LogP contribution in [-0.2, 0) is 34.7 Å². The molecule has 20 heteroatoms. The summed E-state index contributed by atoms with van der Waals surface area (Å²) in [6.45, 7) is 5.45. The number of halogens is 2. The smallest absolute Gasteiger partial charge is 0.221 e. The highest BCUT2D eigenvalue weighted by atomic mass is 31.2. The minimum Gasteiger partial charge on any atom is -0.322 e. The van der Waals surface area contributed by atoms with Crippen LogP contribution in [0, 0.1) is 11.8 Å². The number of rotatable bonds is 11.